The zero-order chi connectivity index (χ0) is 13.8. The molecule has 4 heteroatoms. The van der Waals surface area contributed by atoms with Gasteiger partial charge in [-0.1, -0.05) is 19.1 Å². The third-order valence-electron chi connectivity index (χ3n) is 3.02. The fourth-order valence-corrected chi connectivity index (χ4v) is 1.89. The lowest BCUT2D eigenvalue weighted by atomic mass is 10.1. The SMILES string of the molecule is CCC(=O)Nc1ccc(-c2ccc(C#N)n2C)cc1. The number of carbonyl (C=O) groups excluding carboxylic acids is 1. The quantitative estimate of drug-likeness (QED) is 0.914. The molecule has 96 valence electrons. The third-order valence-corrected chi connectivity index (χ3v) is 3.02. The standard InChI is InChI=1S/C15H15N3O/c1-3-15(19)17-12-6-4-11(5-7-12)14-9-8-13(10-16)18(14)2/h4-9H,3H2,1-2H3,(H,17,19). The summed E-state index contributed by atoms with van der Waals surface area (Å²) in [6.45, 7) is 1.82. The molecule has 0 aliphatic rings. The lowest BCUT2D eigenvalue weighted by molar-refractivity contribution is -0.115. The number of hydrogen-bond donors (Lipinski definition) is 1. The zero-order valence-electron chi connectivity index (χ0n) is 11.0. The van der Waals surface area contributed by atoms with Gasteiger partial charge in [0.25, 0.3) is 0 Å². The fraction of sp³-hybridized carbons (Fsp3) is 0.200. The van der Waals surface area contributed by atoms with Crippen LogP contribution in [0.1, 0.15) is 19.0 Å². The summed E-state index contributed by atoms with van der Waals surface area (Å²) >= 11 is 0. The number of anilines is 1. The highest BCUT2D eigenvalue weighted by Gasteiger charge is 2.06. The Morgan fingerprint density at radius 1 is 1.26 bits per heavy atom. The van der Waals surface area contributed by atoms with Gasteiger partial charge in [-0.25, -0.2) is 0 Å². The van der Waals surface area contributed by atoms with Crippen molar-refractivity contribution in [1.82, 2.24) is 4.57 Å². The highest BCUT2D eigenvalue weighted by atomic mass is 16.1. The van der Waals surface area contributed by atoms with Crippen molar-refractivity contribution in [2.45, 2.75) is 13.3 Å². The second-order valence-corrected chi connectivity index (χ2v) is 4.25. The Morgan fingerprint density at radius 3 is 2.47 bits per heavy atom. The molecule has 0 unspecified atom stereocenters. The number of amides is 1. The Balaban J connectivity index is 2.25. The van der Waals surface area contributed by atoms with Gasteiger partial charge in [-0.05, 0) is 29.8 Å². The molecule has 0 radical (unpaired) electrons. The van der Waals surface area contributed by atoms with Crippen LogP contribution in [0.5, 0.6) is 0 Å². The van der Waals surface area contributed by atoms with E-state index in [2.05, 4.69) is 11.4 Å². The summed E-state index contributed by atoms with van der Waals surface area (Å²) in [6, 6.07) is 13.4. The highest BCUT2D eigenvalue weighted by Crippen LogP contribution is 2.23. The fourth-order valence-electron chi connectivity index (χ4n) is 1.89. The molecule has 2 aromatic rings. The first-order valence-corrected chi connectivity index (χ1v) is 6.11. The van der Waals surface area contributed by atoms with Crippen molar-refractivity contribution in [3.63, 3.8) is 0 Å². The van der Waals surface area contributed by atoms with Crippen molar-refractivity contribution in [2.24, 2.45) is 7.05 Å². The van der Waals surface area contributed by atoms with E-state index < -0.39 is 0 Å². The Hall–Kier alpha value is -2.54. The van der Waals surface area contributed by atoms with Crippen molar-refractivity contribution in [2.75, 3.05) is 5.32 Å². The van der Waals surface area contributed by atoms with Crippen LogP contribution in [0.15, 0.2) is 36.4 Å². The van der Waals surface area contributed by atoms with Crippen molar-refractivity contribution in [3.8, 4) is 17.3 Å². The van der Waals surface area contributed by atoms with E-state index in [-0.39, 0.29) is 5.91 Å². The molecular weight excluding hydrogens is 238 g/mol. The summed E-state index contributed by atoms with van der Waals surface area (Å²) in [6.07, 6.45) is 0.463. The summed E-state index contributed by atoms with van der Waals surface area (Å²) in [4.78, 5) is 11.3. The van der Waals surface area contributed by atoms with E-state index in [1.165, 1.54) is 0 Å². The number of nitrogens with one attached hydrogen (secondary N) is 1. The van der Waals surface area contributed by atoms with Gasteiger partial charge in [0.15, 0.2) is 0 Å². The summed E-state index contributed by atoms with van der Waals surface area (Å²) < 4.78 is 1.85. The number of carbonyl (C=O) groups is 1. The summed E-state index contributed by atoms with van der Waals surface area (Å²) in [5, 5.41) is 11.7. The molecule has 0 fully saturated rings. The first-order chi connectivity index (χ1) is 9.15. The van der Waals surface area contributed by atoms with Crippen LogP contribution >= 0.6 is 0 Å². The summed E-state index contributed by atoms with van der Waals surface area (Å²) in [7, 11) is 1.86. The Kier molecular flexibility index (Phi) is 3.67. The van der Waals surface area contributed by atoms with Crippen LogP contribution in [-0.2, 0) is 11.8 Å². The van der Waals surface area contributed by atoms with Crippen molar-refractivity contribution in [3.05, 3.63) is 42.1 Å². The Bertz CT molecular complexity index is 632. The van der Waals surface area contributed by atoms with Gasteiger partial charge < -0.3 is 9.88 Å². The molecule has 4 nitrogen and oxygen atoms in total. The van der Waals surface area contributed by atoms with Crippen LogP contribution in [0.3, 0.4) is 0 Å². The Labute approximate surface area is 112 Å². The van der Waals surface area contributed by atoms with Crippen molar-refractivity contribution in [1.29, 1.82) is 5.26 Å². The van der Waals surface area contributed by atoms with E-state index in [0.717, 1.165) is 16.9 Å². The first-order valence-electron chi connectivity index (χ1n) is 6.11. The number of aromatic nitrogens is 1. The molecule has 19 heavy (non-hydrogen) atoms. The highest BCUT2D eigenvalue weighted by molar-refractivity contribution is 5.90. The van der Waals surface area contributed by atoms with Gasteiger partial charge >= 0.3 is 0 Å². The largest absolute Gasteiger partial charge is 0.335 e. The summed E-state index contributed by atoms with van der Waals surface area (Å²) in [5.74, 6) is -0.00150. The average Bonchev–Trinajstić information content (AvgIpc) is 2.80. The van der Waals surface area contributed by atoms with E-state index in [9.17, 15) is 4.79 Å². The first kappa shape index (κ1) is 12.9. The molecule has 1 N–H and O–H groups in total. The van der Waals surface area contributed by atoms with Gasteiger partial charge in [-0.3, -0.25) is 4.79 Å². The number of hydrogen-bond acceptors (Lipinski definition) is 2. The van der Waals surface area contributed by atoms with E-state index in [1.807, 2.05) is 48.9 Å². The number of rotatable bonds is 3. The van der Waals surface area contributed by atoms with Gasteiger partial charge in [0.1, 0.15) is 11.8 Å². The van der Waals surface area contributed by atoms with E-state index in [1.54, 1.807) is 6.07 Å². The molecular formula is C15H15N3O. The van der Waals surface area contributed by atoms with Crippen LogP contribution in [0, 0.1) is 11.3 Å². The van der Waals surface area contributed by atoms with Gasteiger partial charge in [0, 0.05) is 24.8 Å². The second-order valence-electron chi connectivity index (χ2n) is 4.25. The monoisotopic (exact) mass is 253 g/mol. The topological polar surface area (TPSA) is 57.8 Å². The van der Waals surface area contributed by atoms with E-state index in [0.29, 0.717) is 12.1 Å². The minimum absolute atomic E-state index is 0.00150. The predicted octanol–water partition coefficient (Wildman–Crippen LogP) is 2.91. The van der Waals surface area contributed by atoms with Gasteiger partial charge in [0.05, 0.1) is 0 Å². The zero-order valence-corrected chi connectivity index (χ0v) is 11.0. The van der Waals surface area contributed by atoms with Crippen molar-refractivity contribution < 1.29 is 4.79 Å². The third kappa shape index (κ3) is 2.66. The van der Waals surface area contributed by atoms with Gasteiger partial charge in [0.2, 0.25) is 5.91 Å². The lowest BCUT2D eigenvalue weighted by Gasteiger charge is -2.07. The predicted molar refractivity (Wildman–Crippen MR) is 74.5 cm³/mol. The molecule has 0 saturated carbocycles. The molecule has 1 heterocycles. The molecule has 1 aromatic heterocycles. The molecule has 1 amide bonds. The Morgan fingerprint density at radius 2 is 1.95 bits per heavy atom. The molecule has 0 atom stereocenters. The number of nitriles is 1. The normalized spacial score (nSPS) is 9.95. The van der Waals surface area contributed by atoms with Crippen molar-refractivity contribution >= 4 is 11.6 Å². The molecule has 0 spiro atoms. The second kappa shape index (κ2) is 5.40. The van der Waals surface area contributed by atoms with Crippen LogP contribution in [-0.4, -0.2) is 10.5 Å². The van der Waals surface area contributed by atoms with Crippen LogP contribution in [0.25, 0.3) is 11.3 Å². The van der Waals surface area contributed by atoms with Crippen LogP contribution in [0.2, 0.25) is 0 Å². The number of benzene rings is 1. The molecule has 1 aromatic carbocycles. The van der Waals surface area contributed by atoms with E-state index in [4.69, 9.17) is 5.26 Å². The lowest BCUT2D eigenvalue weighted by Crippen LogP contribution is -2.09. The minimum Gasteiger partial charge on any atom is -0.335 e. The molecule has 0 saturated heterocycles. The maximum atomic E-state index is 11.3. The maximum absolute atomic E-state index is 11.3. The maximum Gasteiger partial charge on any atom is 0.224 e. The number of nitrogens with zero attached hydrogens (tertiary/aromatic N) is 2. The molecule has 0 aliphatic heterocycles. The van der Waals surface area contributed by atoms with Gasteiger partial charge in [-0.2, -0.15) is 5.26 Å². The molecule has 2 rings (SSSR count). The smallest absolute Gasteiger partial charge is 0.224 e. The summed E-state index contributed by atoms with van der Waals surface area (Å²) in [5.41, 5.74) is 3.40. The van der Waals surface area contributed by atoms with E-state index >= 15 is 0 Å². The van der Waals surface area contributed by atoms with Crippen LogP contribution < -0.4 is 5.32 Å². The minimum atomic E-state index is -0.00150. The molecule has 0 bridgehead atoms. The van der Waals surface area contributed by atoms with Crippen LogP contribution in [0.4, 0.5) is 5.69 Å². The molecule has 0 aliphatic carbocycles. The van der Waals surface area contributed by atoms with Gasteiger partial charge in [-0.15, -0.1) is 0 Å². The average molecular weight is 253 g/mol.